The van der Waals surface area contributed by atoms with E-state index in [0.29, 0.717) is 0 Å². The number of amides is 2. The molecule has 0 saturated heterocycles. The molecule has 2 amide bonds. The van der Waals surface area contributed by atoms with Crippen LogP contribution in [0.25, 0.3) is 0 Å². The molecule has 0 aliphatic heterocycles. The Morgan fingerprint density at radius 1 is 1.17 bits per heavy atom. The van der Waals surface area contributed by atoms with Crippen molar-refractivity contribution in [2.45, 2.75) is 40.3 Å². The number of hydrogen-bond acceptors (Lipinski definition) is 4. The van der Waals surface area contributed by atoms with E-state index in [0.717, 1.165) is 5.56 Å². The van der Waals surface area contributed by atoms with E-state index in [2.05, 4.69) is 15.8 Å². The molecular formula is C17H25N3O3. The van der Waals surface area contributed by atoms with Crippen molar-refractivity contribution in [3.05, 3.63) is 35.9 Å². The van der Waals surface area contributed by atoms with Crippen LogP contribution in [-0.4, -0.2) is 24.3 Å². The van der Waals surface area contributed by atoms with Crippen molar-refractivity contribution in [3.8, 4) is 0 Å². The number of nitrogens with zero attached hydrogens (tertiary/aromatic N) is 1. The van der Waals surface area contributed by atoms with Crippen LogP contribution in [0.5, 0.6) is 0 Å². The first-order valence-corrected chi connectivity index (χ1v) is 7.70. The molecule has 0 unspecified atom stereocenters. The van der Waals surface area contributed by atoms with Gasteiger partial charge in [0.05, 0.1) is 0 Å². The van der Waals surface area contributed by atoms with Gasteiger partial charge in [-0.3, -0.25) is 4.79 Å². The van der Waals surface area contributed by atoms with Gasteiger partial charge in [0.25, 0.3) is 5.91 Å². The van der Waals surface area contributed by atoms with Crippen LogP contribution in [0.15, 0.2) is 35.4 Å². The fourth-order valence-electron chi connectivity index (χ4n) is 1.75. The molecule has 0 spiro atoms. The third-order valence-corrected chi connectivity index (χ3v) is 2.98. The van der Waals surface area contributed by atoms with Gasteiger partial charge < -0.3 is 10.1 Å². The van der Waals surface area contributed by atoms with E-state index in [9.17, 15) is 9.59 Å². The van der Waals surface area contributed by atoms with Crippen molar-refractivity contribution < 1.29 is 14.3 Å². The number of hydrazone groups is 1. The van der Waals surface area contributed by atoms with E-state index in [1.807, 2.05) is 58.0 Å². The van der Waals surface area contributed by atoms with E-state index in [1.54, 1.807) is 6.21 Å². The van der Waals surface area contributed by atoms with Gasteiger partial charge in [0, 0.05) is 6.21 Å². The van der Waals surface area contributed by atoms with Gasteiger partial charge in [-0.25, -0.2) is 10.2 Å². The van der Waals surface area contributed by atoms with Crippen molar-refractivity contribution in [1.29, 1.82) is 0 Å². The highest BCUT2D eigenvalue weighted by molar-refractivity contribution is 5.86. The fourth-order valence-corrected chi connectivity index (χ4v) is 1.75. The SMILES string of the molecule is CC(C)/C=N/NC(=O)[C@@H](NC(=O)OCc1ccccc1)C(C)C. The molecule has 0 aromatic heterocycles. The molecule has 2 N–H and O–H groups in total. The molecule has 6 nitrogen and oxygen atoms in total. The summed E-state index contributed by atoms with van der Waals surface area (Å²) in [7, 11) is 0. The summed E-state index contributed by atoms with van der Waals surface area (Å²) in [6.45, 7) is 7.75. The Kier molecular flexibility index (Phi) is 7.80. The lowest BCUT2D eigenvalue weighted by Crippen LogP contribution is -2.48. The molecule has 0 bridgehead atoms. The Labute approximate surface area is 137 Å². The largest absolute Gasteiger partial charge is 0.445 e. The van der Waals surface area contributed by atoms with Crippen LogP contribution >= 0.6 is 0 Å². The second-order valence-corrected chi connectivity index (χ2v) is 5.93. The second kappa shape index (κ2) is 9.61. The van der Waals surface area contributed by atoms with Crippen LogP contribution < -0.4 is 10.7 Å². The number of benzene rings is 1. The highest BCUT2D eigenvalue weighted by Crippen LogP contribution is 2.04. The van der Waals surface area contributed by atoms with Gasteiger partial charge in [0.1, 0.15) is 12.6 Å². The standard InChI is InChI=1S/C17H25N3O3/c1-12(2)10-18-20-16(21)15(13(3)4)19-17(22)23-11-14-8-6-5-7-9-14/h5-10,12-13,15H,11H2,1-4H3,(H,19,22)(H,20,21)/b18-10+/t15-/m0/s1. The van der Waals surface area contributed by atoms with Gasteiger partial charge in [-0.1, -0.05) is 58.0 Å². The van der Waals surface area contributed by atoms with Crippen LogP contribution in [0.2, 0.25) is 0 Å². The maximum absolute atomic E-state index is 12.1. The summed E-state index contributed by atoms with van der Waals surface area (Å²) in [5, 5.41) is 6.44. The molecule has 0 heterocycles. The van der Waals surface area contributed by atoms with Crippen molar-refractivity contribution >= 4 is 18.2 Å². The van der Waals surface area contributed by atoms with E-state index in [-0.39, 0.29) is 24.3 Å². The summed E-state index contributed by atoms with van der Waals surface area (Å²) in [6.07, 6.45) is 0.999. The van der Waals surface area contributed by atoms with Gasteiger partial charge in [-0.05, 0) is 17.4 Å². The molecule has 1 aromatic rings. The van der Waals surface area contributed by atoms with E-state index in [1.165, 1.54) is 0 Å². The molecule has 0 aliphatic carbocycles. The summed E-state index contributed by atoms with van der Waals surface area (Å²) < 4.78 is 5.13. The first kappa shape index (κ1) is 18.7. The van der Waals surface area contributed by atoms with Gasteiger partial charge in [0.15, 0.2) is 0 Å². The monoisotopic (exact) mass is 319 g/mol. The lowest BCUT2D eigenvalue weighted by Gasteiger charge is -2.20. The average molecular weight is 319 g/mol. The molecule has 1 aromatic carbocycles. The molecule has 1 atom stereocenters. The first-order valence-electron chi connectivity index (χ1n) is 7.70. The number of ether oxygens (including phenoxy) is 1. The van der Waals surface area contributed by atoms with E-state index in [4.69, 9.17) is 4.74 Å². The number of carbonyl (C=O) groups is 2. The van der Waals surface area contributed by atoms with Crippen LogP contribution in [0.4, 0.5) is 4.79 Å². The third kappa shape index (κ3) is 7.44. The van der Waals surface area contributed by atoms with Crippen LogP contribution in [0, 0.1) is 11.8 Å². The van der Waals surface area contributed by atoms with Crippen molar-refractivity contribution in [3.63, 3.8) is 0 Å². The third-order valence-electron chi connectivity index (χ3n) is 2.98. The summed E-state index contributed by atoms with van der Waals surface area (Å²) in [5.41, 5.74) is 3.32. The zero-order valence-electron chi connectivity index (χ0n) is 14.1. The normalized spacial score (nSPS) is 12.4. The number of alkyl carbamates (subject to hydrolysis) is 1. The number of rotatable bonds is 7. The predicted octanol–water partition coefficient (Wildman–Crippen LogP) is 2.70. The molecule has 0 radical (unpaired) electrons. The Hall–Kier alpha value is -2.37. The Balaban J connectivity index is 2.51. The fraction of sp³-hybridized carbons (Fsp3) is 0.471. The van der Waals surface area contributed by atoms with Gasteiger partial charge in [-0.15, -0.1) is 0 Å². The first-order chi connectivity index (χ1) is 10.9. The van der Waals surface area contributed by atoms with Crippen molar-refractivity contribution in [2.24, 2.45) is 16.9 Å². The maximum atomic E-state index is 12.1. The summed E-state index contributed by atoms with van der Waals surface area (Å²) >= 11 is 0. The highest BCUT2D eigenvalue weighted by Gasteiger charge is 2.24. The van der Waals surface area contributed by atoms with Crippen molar-refractivity contribution in [1.82, 2.24) is 10.7 Å². The van der Waals surface area contributed by atoms with Crippen molar-refractivity contribution in [2.75, 3.05) is 0 Å². The van der Waals surface area contributed by atoms with Gasteiger partial charge in [0.2, 0.25) is 0 Å². The lowest BCUT2D eigenvalue weighted by atomic mass is 10.0. The lowest BCUT2D eigenvalue weighted by molar-refractivity contribution is -0.124. The minimum Gasteiger partial charge on any atom is -0.445 e. The molecule has 0 saturated carbocycles. The smallest absolute Gasteiger partial charge is 0.408 e. The molecule has 0 aliphatic rings. The summed E-state index contributed by atoms with van der Waals surface area (Å²) in [5.74, 6) is -0.223. The number of nitrogens with one attached hydrogen (secondary N) is 2. The Morgan fingerprint density at radius 3 is 2.39 bits per heavy atom. The number of carbonyl (C=O) groups excluding carboxylic acids is 2. The molecular weight excluding hydrogens is 294 g/mol. The summed E-state index contributed by atoms with van der Waals surface area (Å²) in [4.78, 5) is 23.9. The maximum Gasteiger partial charge on any atom is 0.408 e. The van der Waals surface area contributed by atoms with Gasteiger partial charge >= 0.3 is 6.09 Å². The highest BCUT2D eigenvalue weighted by atomic mass is 16.5. The average Bonchev–Trinajstić information content (AvgIpc) is 2.50. The topological polar surface area (TPSA) is 79.8 Å². The Morgan fingerprint density at radius 2 is 1.83 bits per heavy atom. The van der Waals surface area contributed by atoms with Crippen LogP contribution in [0.3, 0.4) is 0 Å². The minimum atomic E-state index is -0.706. The predicted molar refractivity (Wildman–Crippen MR) is 89.9 cm³/mol. The quantitative estimate of drug-likeness (QED) is 0.599. The minimum absolute atomic E-state index is 0.0893. The van der Waals surface area contributed by atoms with Gasteiger partial charge in [-0.2, -0.15) is 5.10 Å². The van der Waals surface area contributed by atoms with E-state index >= 15 is 0 Å². The number of hydrogen-bond donors (Lipinski definition) is 2. The molecule has 0 fully saturated rings. The van der Waals surface area contributed by atoms with E-state index < -0.39 is 12.1 Å². The molecule has 6 heteroatoms. The zero-order chi connectivity index (χ0) is 17.2. The zero-order valence-corrected chi connectivity index (χ0v) is 14.1. The Bertz CT molecular complexity index is 527. The second-order valence-electron chi connectivity index (χ2n) is 5.93. The van der Waals surface area contributed by atoms with Crippen LogP contribution in [0.1, 0.15) is 33.3 Å². The molecule has 1 rings (SSSR count). The van der Waals surface area contributed by atoms with Crippen LogP contribution in [-0.2, 0) is 16.1 Å². The summed E-state index contributed by atoms with van der Waals surface area (Å²) in [6, 6.07) is 8.64. The molecule has 126 valence electrons. The molecule has 23 heavy (non-hydrogen) atoms.